The maximum Gasteiger partial charge on any atom is 0.315 e. The molecule has 0 spiro atoms. The number of nitrogens with one attached hydrogen (secondary N) is 2. The minimum absolute atomic E-state index is 0.124. The number of rotatable bonds is 9. The number of nitrogens with zero attached hydrogens (tertiary/aromatic N) is 1. The van der Waals surface area contributed by atoms with E-state index in [1.165, 1.54) is 0 Å². The number of ether oxygens (including phenoxy) is 1. The Bertz CT molecular complexity index is 655. The van der Waals surface area contributed by atoms with Crippen molar-refractivity contribution in [1.82, 2.24) is 15.5 Å². The summed E-state index contributed by atoms with van der Waals surface area (Å²) in [5, 5.41) is 5.92. The Morgan fingerprint density at radius 2 is 1.65 bits per heavy atom. The third-order valence-electron chi connectivity index (χ3n) is 4.51. The third kappa shape index (κ3) is 5.77. The molecule has 5 nitrogen and oxygen atoms in total. The maximum atomic E-state index is 12.2. The molecule has 0 radical (unpaired) electrons. The van der Waals surface area contributed by atoms with Crippen LogP contribution in [0, 0.1) is 0 Å². The highest BCUT2D eigenvalue weighted by Crippen LogP contribution is 2.22. The van der Waals surface area contributed by atoms with Crippen LogP contribution >= 0.6 is 0 Å². The zero-order chi connectivity index (χ0) is 18.8. The molecule has 140 valence electrons. The Morgan fingerprint density at radius 1 is 1.00 bits per heavy atom. The first kappa shape index (κ1) is 19.8. The average molecular weight is 355 g/mol. The number of methoxy groups -OCH3 is 1. The van der Waals surface area contributed by atoms with Gasteiger partial charge in [-0.15, -0.1) is 0 Å². The maximum absolute atomic E-state index is 12.2. The van der Waals surface area contributed by atoms with Gasteiger partial charge in [0, 0.05) is 13.1 Å². The van der Waals surface area contributed by atoms with Crippen LogP contribution in [0.1, 0.15) is 31.0 Å². The van der Waals surface area contributed by atoms with Crippen molar-refractivity contribution in [3.05, 3.63) is 65.7 Å². The molecule has 0 saturated heterocycles. The molecule has 1 atom stereocenters. The Labute approximate surface area is 156 Å². The van der Waals surface area contributed by atoms with Crippen molar-refractivity contribution in [3.63, 3.8) is 0 Å². The number of benzene rings is 2. The van der Waals surface area contributed by atoms with E-state index in [0.717, 1.165) is 30.0 Å². The van der Waals surface area contributed by atoms with Gasteiger partial charge in [-0.1, -0.05) is 56.3 Å². The highest BCUT2D eigenvalue weighted by atomic mass is 16.5. The fraction of sp³-hybridized carbons (Fsp3) is 0.381. The fourth-order valence-corrected chi connectivity index (χ4v) is 2.98. The SMILES string of the molecule is CCN(CC)C(CNC(=O)NCc1ccccc1)c1ccc(OC)cc1. The molecule has 0 aliphatic heterocycles. The van der Waals surface area contributed by atoms with Gasteiger partial charge in [0.1, 0.15) is 5.75 Å². The number of urea groups is 1. The molecule has 0 bridgehead atoms. The van der Waals surface area contributed by atoms with Gasteiger partial charge in [0.25, 0.3) is 0 Å². The lowest BCUT2D eigenvalue weighted by Gasteiger charge is -2.30. The Hall–Kier alpha value is -2.53. The quantitative estimate of drug-likeness (QED) is 0.723. The molecule has 0 fully saturated rings. The molecule has 2 aromatic carbocycles. The normalized spacial score (nSPS) is 11.8. The minimum atomic E-state index is -0.153. The standard InChI is InChI=1S/C21H29N3O2/c1-4-24(5-2)20(18-11-13-19(26-3)14-12-18)16-23-21(25)22-15-17-9-7-6-8-10-17/h6-14,20H,4-5,15-16H2,1-3H3,(H2,22,23,25). The average Bonchev–Trinajstić information content (AvgIpc) is 2.70. The summed E-state index contributed by atoms with van der Waals surface area (Å²) >= 11 is 0. The number of carbonyl (C=O) groups excluding carboxylic acids is 1. The number of hydrogen-bond donors (Lipinski definition) is 2. The van der Waals surface area contributed by atoms with E-state index in [1.54, 1.807) is 7.11 Å². The van der Waals surface area contributed by atoms with Crippen LogP contribution in [0.15, 0.2) is 54.6 Å². The van der Waals surface area contributed by atoms with Crippen LogP contribution in [-0.4, -0.2) is 37.7 Å². The van der Waals surface area contributed by atoms with E-state index in [1.807, 2.05) is 42.5 Å². The first-order valence-electron chi connectivity index (χ1n) is 9.11. The summed E-state index contributed by atoms with van der Waals surface area (Å²) in [7, 11) is 1.66. The van der Waals surface area contributed by atoms with E-state index in [0.29, 0.717) is 13.1 Å². The molecule has 2 aromatic rings. The number of likely N-dealkylation sites (N-methyl/N-ethyl adjacent to an activating group) is 1. The molecule has 0 heterocycles. The van der Waals surface area contributed by atoms with E-state index in [2.05, 4.69) is 41.5 Å². The lowest BCUT2D eigenvalue weighted by Crippen LogP contribution is -2.42. The molecular weight excluding hydrogens is 326 g/mol. The Morgan fingerprint density at radius 3 is 2.23 bits per heavy atom. The first-order chi connectivity index (χ1) is 12.7. The number of carbonyl (C=O) groups is 1. The predicted octanol–water partition coefficient (Wildman–Crippen LogP) is 3.58. The molecule has 26 heavy (non-hydrogen) atoms. The van der Waals surface area contributed by atoms with Crippen LogP contribution in [-0.2, 0) is 6.54 Å². The van der Waals surface area contributed by atoms with Crippen LogP contribution in [0.4, 0.5) is 4.79 Å². The summed E-state index contributed by atoms with van der Waals surface area (Å²) in [5.74, 6) is 0.834. The van der Waals surface area contributed by atoms with Crippen molar-refractivity contribution in [3.8, 4) is 5.75 Å². The highest BCUT2D eigenvalue weighted by molar-refractivity contribution is 5.73. The van der Waals surface area contributed by atoms with Gasteiger partial charge in [-0.3, -0.25) is 4.90 Å². The molecule has 2 rings (SSSR count). The Kier molecular flexibility index (Phi) is 7.96. The second-order valence-corrected chi connectivity index (χ2v) is 6.06. The molecule has 0 aliphatic rings. The van der Waals surface area contributed by atoms with Crippen molar-refractivity contribution in [2.75, 3.05) is 26.7 Å². The van der Waals surface area contributed by atoms with Crippen molar-refractivity contribution >= 4 is 6.03 Å². The van der Waals surface area contributed by atoms with Gasteiger partial charge < -0.3 is 15.4 Å². The van der Waals surface area contributed by atoms with E-state index in [-0.39, 0.29) is 12.1 Å². The van der Waals surface area contributed by atoms with Crippen molar-refractivity contribution in [2.45, 2.75) is 26.4 Å². The van der Waals surface area contributed by atoms with Gasteiger partial charge in [0.15, 0.2) is 0 Å². The van der Waals surface area contributed by atoms with Crippen LogP contribution in [0.2, 0.25) is 0 Å². The molecule has 5 heteroatoms. The second-order valence-electron chi connectivity index (χ2n) is 6.06. The Balaban J connectivity index is 1.96. The van der Waals surface area contributed by atoms with Crippen LogP contribution in [0.3, 0.4) is 0 Å². The fourth-order valence-electron chi connectivity index (χ4n) is 2.98. The predicted molar refractivity (Wildman–Crippen MR) is 105 cm³/mol. The van der Waals surface area contributed by atoms with E-state index in [4.69, 9.17) is 4.74 Å². The summed E-state index contributed by atoms with van der Waals surface area (Å²) < 4.78 is 5.24. The first-order valence-corrected chi connectivity index (χ1v) is 9.11. The zero-order valence-electron chi connectivity index (χ0n) is 15.9. The number of amides is 2. The summed E-state index contributed by atoms with van der Waals surface area (Å²) in [6.45, 7) is 7.17. The molecule has 2 amide bonds. The van der Waals surface area contributed by atoms with Gasteiger partial charge in [0.2, 0.25) is 0 Å². The zero-order valence-corrected chi connectivity index (χ0v) is 15.9. The van der Waals surface area contributed by atoms with Gasteiger partial charge in [-0.2, -0.15) is 0 Å². The second kappa shape index (κ2) is 10.5. The third-order valence-corrected chi connectivity index (χ3v) is 4.51. The van der Waals surface area contributed by atoms with E-state index < -0.39 is 0 Å². The minimum Gasteiger partial charge on any atom is -0.497 e. The van der Waals surface area contributed by atoms with Crippen molar-refractivity contribution in [1.29, 1.82) is 0 Å². The number of hydrogen-bond acceptors (Lipinski definition) is 3. The molecule has 2 N–H and O–H groups in total. The van der Waals surface area contributed by atoms with Gasteiger partial charge in [0.05, 0.1) is 13.2 Å². The van der Waals surface area contributed by atoms with Gasteiger partial charge in [-0.05, 0) is 36.3 Å². The topological polar surface area (TPSA) is 53.6 Å². The van der Waals surface area contributed by atoms with Gasteiger partial charge >= 0.3 is 6.03 Å². The van der Waals surface area contributed by atoms with Crippen LogP contribution in [0.25, 0.3) is 0 Å². The summed E-state index contributed by atoms with van der Waals surface area (Å²) in [6, 6.07) is 17.9. The largest absolute Gasteiger partial charge is 0.497 e. The smallest absolute Gasteiger partial charge is 0.315 e. The lowest BCUT2D eigenvalue weighted by molar-refractivity contribution is 0.206. The molecule has 0 saturated carbocycles. The molecule has 0 aliphatic carbocycles. The summed E-state index contributed by atoms with van der Waals surface area (Å²) in [6.07, 6.45) is 0. The molecule has 0 aromatic heterocycles. The van der Waals surface area contributed by atoms with E-state index >= 15 is 0 Å². The highest BCUT2D eigenvalue weighted by Gasteiger charge is 2.18. The lowest BCUT2D eigenvalue weighted by atomic mass is 10.0. The van der Waals surface area contributed by atoms with Crippen molar-refractivity contribution in [2.24, 2.45) is 0 Å². The van der Waals surface area contributed by atoms with Crippen LogP contribution < -0.4 is 15.4 Å². The van der Waals surface area contributed by atoms with Crippen molar-refractivity contribution < 1.29 is 9.53 Å². The monoisotopic (exact) mass is 355 g/mol. The van der Waals surface area contributed by atoms with Crippen LogP contribution in [0.5, 0.6) is 5.75 Å². The van der Waals surface area contributed by atoms with Gasteiger partial charge in [-0.25, -0.2) is 4.79 Å². The molecular formula is C21H29N3O2. The van der Waals surface area contributed by atoms with E-state index in [9.17, 15) is 4.79 Å². The summed E-state index contributed by atoms with van der Waals surface area (Å²) in [4.78, 5) is 14.5. The molecule has 1 unspecified atom stereocenters. The summed E-state index contributed by atoms with van der Waals surface area (Å²) in [5.41, 5.74) is 2.25.